The van der Waals surface area contributed by atoms with Crippen molar-refractivity contribution in [3.63, 3.8) is 0 Å². The quantitative estimate of drug-likeness (QED) is 0.796. The van der Waals surface area contributed by atoms with Crippen LogP contribution < -0.4 is 0 Å². The summed E-state index contributed by atoms with van der Waals surface area (Å²) in [6.07, 6.45) is 11.1. The fraction of sp³-hybridized carbons (Fsp3) is 0.947. The number of carbonyl (C=O) groups excluding carboxylic acids is 1. The van der Waals surface area contributed by atoms with Crippen molar-refractivity contribution in [1.82, 2.24) is 14.7 Å². The molecule has 1 amide bonds. The maximum absolute atomic E-state index is 13.0. The Morgan fingerprint density at radius 3 is 2.30 bits per heavy atom. The smallest absolute Gasteiger partial charge is 0.225 e. The molecule has 3 aliphatic rings. The van der Waals surface area contributed by atoms with E-state index >= 15 is 0 Å². The first kappa shape index (κ1) is 17.2. The fourth-order valence-corrected chi connectivity index (χ4v) is 4.58. The molecule has 132 valence electrons. The van der Waals surface area contributed by atoms with Gasteiger partial charge in [-0.25, -0.2) is 0 Å². The fourth-order valence-electron chi connectivity index (χ4n) is 4.58. The van der Waals surface area contributed by atoms with Crippen molar-refractivity contribution in [2.75, 3.05) is 46.3 Å². The van der Waals surface area contributed by atoms with Gasteiger partial charge in [0.05, 0.1) is 0 Å². The summed E-state index contributed by atoms with van der Waals surface area (Å²) < 4.78 is 0. The highest BCUT2D eigenvalue weighted by Gasteiger charge is 2.32. The van der Waals surface area contributed by atoms with Crippen molar-refractivity contribution < 1.29 is 4.79 Å². The molecule has 4 heteroatoms. The monoisotopic (exact) mass is 321 g/mol. The Morgan fingerprint density at radius 1 is 0.870 bits per heavy atom. The Bertz CT molecular complexity index is 373. The van der Waals surface area contributed by atoms with E-state index < -0.39 is 0 Å². The summed E-state index contributed by atoms with van der Waals surface area (Å²) in [6, 6.07) is 0.512. The van der Waals surface area contributed by atoms with Crippen LogP contribution in [0, 0.1) is 5.92 Å². The number of rotatable bonds is 4. The van der Waals surface area contributed by atoms with E-state index in [0.29, 0.717) is 17.9 Å². The molecule has 0 aromatic heterocycles. The Labute approximate surface area is 142 Å². The maximum Gasteiger partial charge on any atom is 0.225 e. The van der Waals surface area contributed by atoms with E-state index in [1.54, 1.807) is 0 Å². The van der Waals surface area contributed by atoms with Gasteiger partial charge in [-0.15, -0.1) is 0 Å². The van der Waals surface area contributed by atoms with Crippen molar-refractivity contribution >= 4 is 5.91 Å². The number of likely N-dealkylation sites (tertiary alicyclic amines) is 1. The lowest BCUT2D eigenvalue weighted by Crippen LogP contribution is -2.49. The first-order valence-corrected chi connectivity index (χ1v) is 9.95. The van der Waals surface area contributed by atoms with Gasteiger partial charge in [-0.2, -0.15) is 0 Å². The summed E-state index contributed by atoms with van der Waals surface area (Å²) in [5.41, 5.74) is 0. The molecule has 0 N–H and O–H groups in total. The van der Waals surface area contributed by atoms with Crippen molar-refractivity contribution in [3.8, 4) is 0 Å². The molecule has 3 rings (SSSR count). The van der Waals surface area contributed by atoms with E-state index in [1.165, 1.54) is 77.7 Å². The molecular weight excluding hydrogens is 286 g/mol. The molecule has 0 bridgehead atoms. The molecule has 4 nitrogen and oxygen atoms in total. The van der Waals surface area contributed by atoms with Crippen LogP contribution in [0.25, 0.3) is 0 Å². The second-order valence-electron chi connectivity index (χ2n) is 7.95. The lowest BCUT2D eigenvalue weighted by atomic mass is 9.86. The number of hydrogen-bond acceptors (Lipinski definition) is 3. The van der Waals surface area contributed by atoms with Gasteiger partial charge in [0.2, 0.25) is 5.91 Å². The van der Waals surface area contributed by atoms with Crippen LogP contribution >= 0.6 is 0 Å². The van der Waals surface area contributed by atoms with Gasteiger partial charge < -0.3 is 14.7 Å². The summed E-state index contributed by atoms with van der Waals surface area (Å²) >= 11 is 0. The van der Waals surface area contributed by atoms with E-state index in [4.69, 9.17) is 0 Å². The van der Waals surface area contributed by atoms with Crippen LogP contribution in [0.2, 0.25) is 0 Å². The molecule has 0 radical (unpaired) electrons. The minimum Gasteiger partial charge on any atom is -0.339 e. The average molecular weight is 322 g/mol. The van der Waals surface area contributed by atoms with Gasteiger partial charge >= 0.3 is 0 Å². The van der Waals surface area contributed by atoms with Gasteiger partial charge in [0.15, 0.2) is 0 Å². The van der Waals surface area contributed by atoms with E-state index in [9.17, 15) is 4.79 Å². The van der Waals surface area contributed by atoms with Crippen molar-refractivity contribution in [2.24, 2.45) is 5.92 Å². The highest BCUT2D eigenvalue weighted by Crippen LogP contribution is 2.29. The number of likely N-dealkylation sites (N-methyl/N-ethyl adjacent to an activating group) is 1. The van der Waals surface area contributed by atoms with Gasteiger partial charge in [0.25, 0.3) is 0 Å². The normalized spacial score (nSPS) is 28.9. The molecule has 2 heterocycles. The number of carbonyl (C=O) groups is 1. The van der Waals surface area contributed by atoms with Crippen molar-refractivity contribution in [1.29, 1.82) is 0 Å². The largest absolute Gasteiger partial charge is 0.339 e. The van der Waals surface area contributed by atoms with Crippen LogP contribution in [0.4, 0.5) is 0 Å². The molecule has 0 unspecified atom stereocenters. The van der Waals surface area contributed by atoms with E-state index in [-0.39, 0.29) is 0 Å². The van der Waals surface area contributed by atoms with Crippen LogP contribution in [-0.4, -0.2) is 73.0 Å². The highest BCUT2D eigenvalue weighted by atomic mass is 16.2. The minimum absolute atomic E-state index is 0.341. The van der Waals surface area contributed by atoms with E-state index in [2.05, 4.69) is 21.7 Å². The molecular formula is C19H35N3O. The summed E-state index contributed by atoms with van der Waals surface area (Å²) in [7, 11) is 2.21. The van der Waals surface area contributed by atoms with Gasteiger partial charge in [-0.1, -0.05) is 19.3 Å². The zero-order valence-electron chi connectivity index (χ0n) is 15.0. The predicted octanol–water partition coefficient (Wildman–Crippen LogP) is 2.59. The third kappa shape index (κ3) is 4.69. The lowest BCUT2D eigenvalue weighted by Gasteiger charge is -2.40. The summed E-state index contributed by atoms with van der Waals surface area (Å²) in [6.45, 7) is 6.96. The van der Waals surface area contributed by atoms with E-state index in [1.807, 2.05) is 0 Å². The van der Waals surface area contributed by atoms with Crippen LogP contribution in [0.5, 0.6) is 0 Å². The van der Waals surface area contributed by atoms with E-state index in [0.717, 1.165) is 19.4 Å². The second-order valence-corrected chi connectivity index (χ2v) is 7.95. The van der Waals surface area contributed by atoms with Gasteiger partial charge in [-0.3, -0.25) is 4.79 Å². The number of nitrogens with zero attached hydrogens (tertiary/aromatic N) is 3. The summed E-state index contributed by atoms with van der Waals surface area (Å²) in [4.78, 5) is 20.3. The highest BCUT2D eigenvalue weighted by molar-refractivity contribution is 5.79. The first-order chi connectivity index (χ1) is 11.2. The Kier molecular flexibility index (Phi) is 6.35. The number of hydrogen-bond donors (Lipinski definition) is 0. The van der Waals surface area contributed by atoms with Crippen LogP contribution in [0.15, 0.2) is 0 Å². The SMILES string of the molecule is CN1CCN(CC[C@H]2CCCCN2C(=O)C2CCCCC2)CC1. The van der Waals surface area contributed by atoms with Crippen molar-refractivity contribution in [2.45, 2.75) is 63.8 Å². The Balaban J connectivity index is 1.50. The van der Waals surface area contributed by atoms with Crippen LogP contribution in [0.3, 0.4) is 0 Å². The number of piperidine rings is 1. The number of amides is 1. The first-order valence-electron chi connectivity index (χ1n) is 9.95. The predicted molar refractivity (Wildman–Crippen MR) is 94.5 cm³/mol. The van der Waals surface area contributed by atoms with Crippen LogP contribution in [0.1, 0.15) is 57.8 Å². The molecule has 2 aliphatic heterocycles. The van der Waals surface area contributed by atoms with Gasteiger partial charge in [0.1, 0.15) is 0 Å². The Morgan fingerprint density at radius 2 is 1.57 bits per heavy atom. The molecule has 3 fully saturated rings. The zero-order valence-corrected chi connectivity index (χ0v) is 15.0. The van der Waals surface area contributed by atoms with Crippen LogP contribution in [-0.2, 0) is 4.79 Å². The maximum atomic E-state index is 13.0. The Hall–Kier alpha value is -0.610. The minimum atomic E-state index is 0.341. The van der Waals surface area contributed by atoms with Gasteiger partial charge in [0, 0.05) is 51.2 Å². The molecule has 0 aromatic rings. The topological polar surface area (TPSA) is 26.8 Å². The molecule has 1 atom stereocenters. The zero-order chi connectivity index (χ0) is 16.1. The summed E-state index contributed by atoms with van der Waals surface area (Å²) in [5, 5.41) is 0. The average Bonchev–Trinajstić information content (AvgIpc) is 2.62. The standard InChI is InChI=1S/C19H35N3O/c1-20-13-15-21(16-14-20)12-10-18-9-5-6-11-22(18)19(23)17-7-3-2-4-8-17/h17-18H,2-16H2,1H3/t18-/m1/s1. The van der Waals surface area contributed by atoms with Crippen molar-refractivity contribution in [3.05, 3.63) is 0 Å². The number of piperazine rings is 1. The molecule has 0 spiro atoms. The molecule has 1 saturated carbocycles. The molecule has 23 heavy (non-hydrogen) atoms. The molecule has 2 saturated heterocycles. The third-order valence-corrected chi connectivity index (χ3v) is 6.24. The molecule has 1 aliphatic carbocycles. The molecule has 0 aromatic carbocycles. The second kappa shape index (κ2) is 8.48. The summed E-state index contributed by atoms with van der Waals surface area (Å²) in [5.74, 6) is 0.834. The van der Waals surface area contributed by atoms with Gasteiger partial charge in [-0.05, 0) is 45.6 Å². The third-order valence-electron chi connectivity index (χ3n) is 6.24. The lowest BCUT2D eigenvalue weighted by molar-refractivity contribution is -0.140.